The van der Waals surface area contributed by atoms with Crippen LogP contribution in [0.3, 0.4) is 0 Å². The molecule has 0 aliphatic carbocycles. The number of benzene rings is 3. The molecule has 3 aromatic rings. The summed E-state index contributed by atoms with van der Waals surface area (Å²) < 4.78 is 6.68. The van der Waals surface area contributed by atoms with E-state index in [2.05, 4.69) is 35.1 Å². The molecule has 35 heavy (non-hydrogen) atoms. The van der Waals surface area contributed by atoms with Gasteiger partial charge in [0.15, 0.2) is 6.61 Å². The van der Waals surface area contributed by atoms with Crippen LogP contribution in [0.2, 0.25) is 5.02 Å². The molecule has 1 N–H and O–H groups in total. The van der Waals surface area contributed by atoms with Gasteiger partial charge in [-0.3, -0.25) is 9.59 Å². The summed E-state index contributed by atoms with van der Waals surface area (Å²) >= 11 is 9.73. The molecule has 2 amide bonds. The summed E-state index contributed by atoms with van der Waals surface area (Å²) in [4.78, 5) is 28.1. The fourth-order valence-corrected chi connectivity index (χ4v) is 4.49. The lowest BCUT2D eigenvalue weighted by Gasteiger charge is -2.31. The Balaban J connectivity index is 1.87. The average Bonchev–Trinajstić information content (AvgIpc) is 2.85. The maximum absolute atomic E-state index is 13.5. The van der Waals surface area contributed by atoms with E-state index in [0.717, 1.165) is 15.6 Å². The average molecular weight is 558 g/mol. The smallest absolute Gasteiger partial charge is 0.261 e. The van der Waals surface area contributed by atoms with E-state index in [1.807, 2.05) is 60.7 Å². The van der Waals surface area contributed by atoms with Crippen LogP contribution in [-0.2, 0) is 22.6 Å². The van der Waals surface area contributed by atoms with Crippen LogP contribution in [0.15, 0.2) is 77.3 Å². The Labute approximate surface area is 220 Å². The second-order valence-electron chi connectivity index (χ2n) is 8.60. The number of ether oxygens (including phenoxy) is 1. The number of halogens is 2. The molecule has 184 valence electrons. The van der Waals surface area contributed by atoms with E-state index in [4.69, 9.17) is 16.3 Å². The highest BCUT2D eigenvalue weighted by atomic mass is 79.9. The fraction of sp³-hybridized carbons (Fsp3) is 0.286. The highest BCUT2D eigenvalue weighted by Crippen LogP contribution is 2.29. The summed E-state index contributed by atoms with van der Waals surface area (Å²) in [5, 5.41) is 3.28. The predicted molar refractivity (Wildman–Crippen MR) is 144 cm³/mol. The number of nitrogens with one attached hydrogen (secondary N) is 1. The summed E-state index contributed by atoms with van der Waals surface area (Å²) in [5.41, 5.74) is 2.95. The molecular weight excluding hydrogens is 528 g/mol. The highest BCUT2D eigenvalue weighted by Gasteiger charge is 2.30. The van der Waals surface area contributed by atoms with Crippen molar-refractivity contribution in [3.63, 3.8) is 0 Å². The first-order chi connectivity index (χ1) is 16.8. The van der Waals surface area contributed by atoms with Gasteiger partial charge in [-0.05, 0) is 62.8 Å². The van der Waals surface area contributed by atoms with Crippen LogP contribution in [0.4, 0.5) is 0 Å². The van der Waals surface area contributed by atoms with Crippen molar-refractivity contribution in [2.45, 2.75) is 38.8 Å². The lowest BCUT2D eigenvalue weighted by atomic mass is 10.0. The Morgan fingerprint density at radius 3 is 2.34 bits per heavy atom. The molecule has 5 nitrogen and oxygen atoms in total. The van der Waals surface area contributed by atoms with Gasteiger partial charge in [-0.15, -0.1) is 0 Å². The molecule has 3 rings (SSSR count). The number of carbonyl (C=O) groups excluding carboxylic acids is 2. The Bertz CT molecular complexity index is 1150. The van der Waals surface area contributed by atoms with E-state index in [9.17, 15) is 9.59 Å². The maximum atomic E-state index is 13.5. The first-order valence-corrected chi connectivity index (χ1v) is 12.7. The molecule has 0 fully saturated rings. The van der Waals surface area contributed by atoms with Crippen molar-refractivity contribution in [3.05, 3.63) is 99.0 Å². The van der Waals surface area contributed by atoms with Gasteiger partial charge in [-0.2, -0.15) is 0 Å². The highest BCUT2D eigenvalue weighted by molar-refractivity contribution is 9.10. The summed E-state index contributed by atoms with van der Waals surface area (Å²) in [6.45, 7) is 4.25. The Kier molecular flexibility index (Phi) is 9.75. The van der Waals surface area contributed by atoms with Gasteiger partial charge in [-0.25, -0.2) is 0 Å². The van der Waals surface area contributed by atoms with E-state index in [-0.39, 0.29) is 25.0 Å². The molecule has 0 radical (unpaired) electrons. The van der Waals surface area contributed by atoms with Crippen LogP contribution in [0.1, 0.15) is 36.5 Å². The van der Waals surface area contributed by atoms with E-state index in [1.165, 1.54) is 5.56 Å². The van der Waals surface area contributed by atoms with Gasteiger partial charge in [0.25, 0.3) is 5.91 Å². The lowest BCUT2D eigenvalue weighted by molar-refractivity contribution is -0.142. The molecule has 7 heteroatoms. The Morgan fingerprint density at radius 2 is 1.71 bits per heavy atom. The Hall–Kier alpha value is -2.83. The summed E-state index contributed by atoms with van der Waals surface area (Å²) in [5.74, 6) is 0.410. The topological polar surface area (TPSA) is 58.6 Å². The molecule has 0 aliphatic heterocycles. The zero-order valence-electron chi connectivity index (χ0n) is 20.1. The second kappa shape index (κ2) is 12.8. The third-order valence-electron chi connectivity index (χ3n) is 5.73. The molecule has 0 heterocycles. The first kappa shape index (κ1) is 26.8. The van der Waals surface area contributed by atoms with Crippen LogP contribution in [-0.4, -0.2) is 36.4 Å². The molecule has 0 saturated heterocycles. The largest absolute Gasteiger partial charge is 0.483 e. The minimum Gasteiger partial charge on any atom is -0.483 e. The number of hydrogen-bond donors (Lipinski definition) is 1. The summed E-state index contributed by atoms with van der Waals surface area (Å²) in [6, 6.07) is 22.1. The monoisotopic (exact) mass is 556 g/mol. The van der Waals surface area contributed by atoms with E-state index in [1.54, 1.807) is 24.1 Å². The standard InChI is InChI=1S/C28H30BrClN2O3/c1-19(2)22-12-13-26(24(29)16-22)35-18-27(33)32(17-21-10-7-11-23(30)14-21)25(28(34)31-3)15-20-8-5-4-6-9-20/h4-14,16,19,25H,15,17-18H2,1-3H3,(H,31,34)/t25-/m0/s1. The van der Waals surface area contributed by atoms with Crippen LogP contribution in [0, 0.1) is 0 Å². The molecule has 3 aromatic carbocycles. The quantitative estimate of drug-likeness (QED) is 0.333. The van der Waals surface area contributed by atoms with Gasteiger partial charge in [0, 0.05) is 25.0 Å². The number of nitrogens with zero attached hydrogens (tertiary/aromatic N) is 1. The van der Waals surface area contributed by atoms with E-state index in [0.29, 0.717) is 23.1 Å². The SMILES string of the molecule is CNC(=O)[C@H](Cc1ccccc1)N(Cc1cccc(Cl)c1)C(=O)COc1ccc(C(C)C)cc1Br. The van der Waals surface area contributed by atoms with Crippen molar-refractivity contribution in [2.75, 3.05) is 13.7 Å². The number of amides is 2. The Morgan fingerprint density at radius 1 is 1.00 bits per heavy atom. The zero-order chi connectivity index (χ0) is 25.4. The number of hydrogen-bond acceptors (Lipinski definition) is 3. The third-order valence-corrected chi connectivity index (χ3v) is 6.59. The minimum atomic E-state index is -0.718. The molecular formula is C28H30BrClN2O3. The molecule has 0 unspecified atom stereocenters. The molecule has 0 saturated carbocycles. The third kappa shape index (κ3) is 7.58. The van der Waals surface area contributed by atoms with Crippen molar-refractivity contribution in [1.82, 2.24) is 10.2 Å². The van der Waals surface area contributed by atoms with E-state index >= 15 is 0 Å². The van der Waals surface area contributed by atoms with Crippen molar-refractivity contribution < 1.29 is 14.3 Å². The number of carbonyl (C=O) groups is 2. The molecule has 0 aliphatic rings. The molecule has 0 spiro atoms. The van der Waals surface area contributed by atoms with Gasteiger partial charge in [0.2, 0.25) is 5.91 Å². The van der Waals surface area contributed by atoms with Crippen LogP contribution < -0.4 is 10.1 Å². The molecule has 0 aromatic heterocycles. The van der Waals surface area contributed by atoms with Gasteiger partial charge in [-0.1, -0.05) is 74.0 Å². The van der Waals surface area contributed by atoms with E-state index < -0.39 is 6.04 Å². The number of likely N-dealkylation sites (N-methyl/N-ethyl adjacent to an activating group) is 1. The second-order valence-corrected chi connectivity index (χ2v) is 9.90. The minimum absolute atomic E-state index is 0.206. The first-order valence-electron chi connectivity index (χ1n) is 11.5. The van der Waals surface area contributed by atoms with Gasteiger partial charge >= 0.3 is 0 Å². The van der Waals surface area contributed by atoms with Crippen molar-refractivity contribution >= 4 is 39.3 Å². The van der Waals surface area contributed by atoms with Crippen LogP contribution in [0.25, 0.3) is 0 Å². The molecule has 0 bridgehead atoms. The van der Waals surface area contributed by atoms with Crippen LogP contribution >= 0.6 is 27.5 Å². The van der Waals surface area contributed by atoms with Gasteiger partial charge in [0.05, 0.1) is 4.47 Å². The number of rotatable bonds is 10. The summed E-state index contributed by atoms with van der Waals surface area (Å²) in [7, 11) is 1.58. The summed E-state index contributed by atoms with van der Waals surface area (Å²) in [6.07, 6.45) is 0.375. The van der Waals surface area contributed by atoms with Gasteiger partial charge in [0.1, 0.15) is 11.8 Å². The lowest BCUT2D eigenvalue weighted by Crippen LogP contribution is -2.51. The van der Waals surface area contributed by atoms with Crippen molar-refractivity contribution in [3.8, 4) is 5.75 Å². The van der Waals surface area contributed by atoms with Crippen molar-refractivity contribution in [1.29, 1.82) is 0 Å². The zero-order valence-corrected chi connectivity index (χ0v) is 22.5. The maximum Gasteiger partial charge on any atom is 0.261 e. The van der Waals surface area contributed by atoms with Crippen molar-refractivity contribution in [2.24, 2.45) is 0 Å². The predicted octanol–water partition coefficient (Wildman–Crippen LogP) is 5.99. The molecule has 1 atom stereocenters. The normalized spacial score (nSPS) is 11.7. The van der Waals surface area contributed by atoms with Crippen LogP contribution in [0.5, 0.6) is 5.75 Å². The van der Waals surface area contributed by atoms with Gasteiger partial charge < -0.3 is 15.0 Å². The fourth-order valence-electron chi connectivity index (χ4n) is 3.77.